The molecule has 1 aliphatic heterocycles. The minimum Gasteiger partial charge on any atom is -0.396 e. The highest BCUT2D eigenvalue weighted by molar-refractivity contribution is 4.88. The molecule has 15 heavy (non-hydrogen) atoms. The highest BCUT2D eigenvalue weighted by atomic mass is 16.5. The minimum atomic E-state index is -0.147. The van der Waals surface area contributed by atoms with Crippen LogP contribution in [0.1, 0.15) is 40.0 Å². The van der Waals surface area contributed by atoms with Gasteiger partial charge in [0.15, 0.2) is 0 Å². The van der Waals surface area contributed by atoms with Crippen molar-refractivity contribution in [3.05, 3.63) is 0 Å². The number of ether oxygens (including phenoxy) is 1. The first-order chi connectivity index (χ1) is 7.01. The highest BCUT2D eigenvalue weighted by Crippen LogP contribution is 2.38. The standard InChI is InChI=1S/C12H24O3/c1-9(2)12(3)7-10(4-5-13)6-11(8-14)15-12/h9-11,13-14H,4-8H2,1-3H3/t10?,11?,12-/m0/s1. The van der Waals surface area contributed by atoms with E-state index in [1.54, 1.807) is 0 Å². The van der Waals surface area contributed by atoms with Gasteiger partial charge in [0.2, 0.25) is 0 Å². The summed E-state index contributed by atoms with van der Waals surface area (Å²) in [6, 6.07) is 0. The summed E-state index contributed by atoms with van der Waals surface area (Å²) in [5.74, 6) is 0.918. The fourth-order valence-corrected chi connectivity index (χ4v) is 2.39. The molecule has 0 aromatic rings. The van der Waals surface area contributed by atoms with E-state index in [9.17, 15) is 5.11 Å². The molecule has 1 saturated heterocycles. The predicted octanol–water partition coefficient (Wildman–Crippen LogP) is 1.57. The molecule has 0 bridgehead atoms. The van der Waals surface area contributed by atoms with Crippen molar-refractivity contribution < 1.29 is 14.9 Å². The largest absolute Gasteiger partial charge is 0.396 e. The molecule has 2 N–H and O–H groups in total. The molecule has 3 heteroatoms. The summed E-state index contributed by atoms with van der Waals surface area (Å²) in [6.45, 7) is 6.73. The first-order valence-electron chi connectivity index (χ1n) is 5.91. The lowest BCUT2D eigenvalue weighted by molar-refractivity contribution is -0.171. The molecule has 1 aliphatic rings. The number of aliphatic hydroxyl groups excluding tert-OH is 2. The van der Waals surface area contributed by atoms with Gasteiger partial charge in [-0.05, 0) is 38.0 Å². The molecule has 1 heterocycles. The Balaban J connectivity index is 2.66. The number of hydrogen-bond donors (Lipinski definition) is 2. The van der Waals surface area contributed by atoms with Gasteiger partial charge in [-0.2, -0.15) is 0 Å². The topological polar surface area (TPSA) is 49.7 Å². The van der Waals surface area contributed by atoms with Crippen LogP contribution in [0.5, 0.6) is 0 Å². The zero-order valence-corrected chi connectivity index (χ0v) is 10.1. The Bertz CT molecular complexity index is 193. The van der Waals surface area contributed by atoms with E-state index in [1.807, 2.05) is 0 Å². The van der Waals surface area contributed by atoms with Gasteiger partial charge in [0.05, 0.1) is 18.3 Å². The van der Waals surface area contributed by atoms with Crippen LogP contribution < -0.4 is 0 Å². The summed E-state index contributed by atoms with van der Waals surface area (Å²) >= 11 is 0. The zero-order chi connectivity index (χ0) is 11.5. The lowest BCUT2D eigenvalue weighted by Gasteiger charge is -2.44. The summed E-state index contributed by atoms with van der Waals surface area (Å²) in [5.41, 5.74) is -0.147. The SMILES string of the molecule is CC(C)[C@]1(C)CC(CCO)CC(CO)O1. The normalized spacial score (nSPS) is 37.2. The monoisotopic (exact) mass is 216 g/mol. The Kier molecular flexibility index (Phi) is 4.56. The minimum absolute atomic E-state index is 0.0531. The molecule has 2 unspecified atom stereocenters. The lowest BCUT2D eigenvalue weighted by Crippen LogP contribution is -2.46. The summed E-state index contributed by atoms with van der Waals surface area (Å²) < 4.78 is 5.93. The molecular formula is C12H24O3. The van der Waals surface area contributed by atoms with Gasteiger partial charge >= 0.3 is 0 Å². The van der Waals surface area contributed by atoms with E-state index in [2.05, 4.69) is 20.8 Å². The van der Waals surface area contributed by atoms with E-state index in [4.69, 9.17) is 9.84 Å². The van der Waals surface area contributed by atoms with E-state index >= 15 is 0 Å². The Labute approximate surface area is 92.4 Å². The van der Waals surface area contributed by atoms with Crippen molar-refractivity contribution in [1.29, 1.82) is 0 Å². The third-order valence-corrected chi connectivity index (χ3v) is 3.69. The maximum absolute atomic E-state index is 9.20. The van der Waals surface area contributed by atoms with E-state index in [0.717, 1.165) is 19.3 Å². The summed E-state index contributed by atoms with van der Waals surface area (Å²) in [5, 5.41) is 18.2. The zero-order valence-electron chi connectivity index (χ0n) is 10.1. The van der Waals surface area contributed by atoms with Crippen molar-refractivity contribution >= 4 is 0 Å². The van der Waals surface area contributed by atoms with E-state index in [1.165, 1.54) is 0 Å². The van der Waals surface area contributed by atoms with Gasteiger partial charge < -0.3 is 14.9 Å². The average Bonchev–Trinajstić information content (AvgIpc) is 2.17. The van der Waals surface area contributed by atoms with Gasteiger partial charge in [0, 0.05) is 6.61 Å². The van der Waals surface area contributed by atoms with E-state index < -0.39 is 0 Å². The quantitative estimate of drug-likeness (QED) is 0.750. The van der Waals surface area contributed by atoms with Crippen LogP contribution in [0, 0.1) is 11.8 Å². The van der Waals surface area contributed by atoms with Crippen LogP contribution in [-0.2, 0) is 4.74 Å². The Hall–Kier alpha value is -0.120. The van der Waals surface area contributed by atoms with Crippen molar-refractivity contribution in [2.45, 2.75) is 51.7 Å². The fourth-order valence-electron chi connectivity index (χ4n) is 2.39. The molecule has 0 aromatic carbocycles. The molecule has 0 aliphatic carbocycles. The number of rotatable bonds is 4. The van der Waals surface area contributed by atoms with E-state index in [-0.39, 0.29) is 24.9 Å². The third kappa shape index (κ3) is 3.16. The maximum atomic E-state index is 9.20. The first kappa shape index (κ1) is 12.9. The van der Waals surface area contributed by atoms with Gasteiger partial charge in [-0.3, -0.25) is 0 Å². The first-order valence-corrected chi connectivity index (χ1v) is 5.91. The lowest BCUT2D eigenvalue weighted by atomic mass is 9.77. The average molecular weight is 216 g/mol. The number of aliphatic hydroxyl groups is 2. The molecule has 0 saturated carbocycles. The maximum Gasteiger partial charge on any atom is 0.0815 e. The van der Waals surface area contributed by atoms with Crippen LogP contribution in [0.2, 0.25) is 0 Å². The number of hydrogen-bond acceptors (Lipinski definition) is 3. The van der Waals surface area contributed by atoms with Gasteiger partial charge in [-0.25, -0.2) is 0 Å². The van der Waals surface area contributed by atoms with Crippen LogP contribution >= 0.6 is 0 Å². The molecule has 3 atom stereocenters. The van der Waals surface area contributed by atoms with Crippen LogP contribution in [-0.4, -0.2) is 35.1 Å². The summed E-state index contributed by atoms with van der Waals surface area (Å²) in [7, 11) is 0. The van der Waals surface area contributed by atoms with Gasteiger partial charge in [-0.1, -0.05) is 13.8 Å². The molecule has 3 nitrogen and oxygen atoms in total. The van der Waals surface area contributed by atoms with Crippen LogP contribution in [0.3, 0.4) is 0 Å². The van der Waals surface area contributed by atoms with Crippen LogP contribution in [0.15, 0.2) is 0 Å². The molecular weight excluding hydrogens is 192 g/mol. The van der Waals surface area contributed by atoms with Crippen molar-refractivity contribution in [2.75, 3.05) is 13.2 Å². The van der Waals surface area contributed by atoms with Crippen molar-refractivity contribution in [1.82, 2.24) is 0 Å². The van der Waals surface area contributed by atoms with Crippen LogP contribution in [0.25, 0.3) is 0 Å². The molecule has 90 valence electrons. The second kappa shape index (κ2) is 5.28. The van der Waals surface area contributed by atoms with Crippen LogP contribution in [0.4, 0.5) is 0 Å². The van der Waals surface area contributed by atoms with E-state index in [0.29, 0.717) is 11.8 Å². The fraction of sp³-hybridized carbons (Fsp3) is 1.00. The molecule has 0 aromatic heterocycles. The van der Waals surface area contributed by atoms with Crippen molar-refractivity contribution in [3.8, 4) is 0 Å². The smallest absolute Gasteiger partial charge is 0.0815 e. The predicted molar refractivity (Wildman–Crippen MR) is 59.6 cm³/mol. The molecule has 0 spiro atoms. The van der Waals surface area contributed by atoms with Gasteiger partial charge in [0.25, 0.3) is 0 Å². The Morgan fingerprint density at radius 1 is 1.40 bits per heavy atom. The summed E-state index contributed by atoms with van der Waals surface area (Å²) in [6.07, 6.45) is 2.63. The molecule has 1 rings (SSSR count). The highest BCUT2D eigenvalue weighted by Gasteiger charge is 2.39. The van der Waals surface area contributed by atoms with Gasteiger partial charge in [0.1, 0.15) is 0 Å². The molecule has 0 radical (unpaired) electrons. The molecule has 1 fully saturated rings. The van der Waals surface area contributed by atoms with Crippen molar-refractivity contribution in [3.63, 3.8) is 0 Å². The Morgan fingerprint density at radius 3 is 2.53 bits per heavy atom. The third-order valence-electron chi connectivity index (χ3n) is 3.69. The second-order valence-corrected chi connectivity index (χ2v) is 5.21. The van der Waals surface area contributed by atoms with Gasteiger partial charge in [-0.15, -0.1) is 0 Å². The second-order valence-electron chi connectivity index (χ2n) is 5.21. The Morgan fingerprint density at radius 2 is 2.07 bits per heavy atom. The molecule has 0 amide bonds. The summed E-state index contributed by atoms with van der Waals surface area (Å²) in [4.78, 5) is 0. The van der Waals surface area contributed by atoms with Crippen molar-refractivity contribution in [2.24, 2.45) is 11.8 Å².